The summed E-state index contributed by atoms with van der Waals surface area (Å²) in [6.07, 6.45) is 5.55. The Kier molecular flexibility index (Phi) is 5.87. The zero-order chi connectivity index (χ0) is 17.6. The summed E-state index contributed by atoms with van der Waals surface area (Å²) in [6.45, 7) is 0. The molecule has 126 valence electrons. The third-order valence-corrected chi connectivity index (χ3v) is 5.05. The van der Waals surface area contributed by atoms with Gasteiger partial charge in [-0.1, -0.05) is 59.6 Å². The van der Waals surface area contributed by atoms with Gasteiger partial charge in [-0.05, 0) is 29.3 Å². The van der Waals surface area contributed by atoms with Crippen LogP contribution in [0.4, 0.5) is 5.13 Å². The molecule has 0 radical (unpaired) electrons. The van der Waals surface area contributed by atoms with Crippen molar-refractivity contribution >= 4 is 51.7 Å². The lowest BCUT2D eigenvalue weighted by Gasteiger charge is -2.00. The van der Waals surface area contributed by atoms with Gasteiger partial charge < -0.3 is 0 Å². The number of thiazole rings is 1. The SMILES string of the molecule is O=C(/C=C/c1ccccc1Cl)Nc1ncc(Cc2ccccc2Cl)s1. The molecule has 0 spiro atoms. The average molecular weight is 389 g/mol. The Labute approximate surface area is 159 Å². The van der Waals surface area contributed by atoms with Gasteiger partial charge in [0.1, 0.15) is 0 Å². The van der Waals surface area contributed by atoms with Crippen LogP contribution in [-0.4, -0.2) is 10.9 Å². The van der Waals surface area contributed by atoms with E-state index in [0.29, 0.717) is 16.6 Å². The summed E-state index contributed by atoms with van der Waals surface area (Å²) >= 11 is 13.7. The molecule has 1 aromatic heterocycles. The van der Waals surface area contributed by atoms with Crippen molar-refractivity contribution in [3.05, 3.63) is 86.9 Å². The maximum Gasteiger partial charge on any atom is 0.250 e. The van der Waals surface area contributed by atoms with Crippen molar-refractivity contribution in [1.82, 2.24) is 4.98 Å². The maximum atomic E-state index is 12.0. The highest BCUT2D eigenvalue weighted by molar-refractivity contribution is 7.15. The van der Waals surface area contributed by atoms with Gasteiger partial charge in [0, 0.05) is 33.6 Å². The summed E-state index contributed by atoms with van der Waals surface area (Å²) < 4.78 is 0. The number of hydrogen-bond acceptors (Lipinski definition) is 3. The first-order valence-corrected chi connectivity index (χ1v) is 9.11. The molecule has 1 amide bonds. The molecule has 2 aromatic carbocycles. The van der Waals surface area contributed by atoms with E-state index in [-0.39, 0.29) is 5.91 Å². The largest absolute Gasteiger partial charge is 0.298 e. The van der Waals surface area contributed by atoms with Crippen molar-refractivity contribution in [2.24, 2.45) is 0 Å². The molecule has 3 rings (SSSR count). The number of carbonyl (C=O) groups is 1. The lowest BCUT2D eigenvalue weighted by molar-refractivity contribution is -0.111. The van der Waals surface area contributed by atoms with E-state index in [0.717, 1.165) is 21.0 Å². The fourth-order valence-corrected chi connectivity index (χ4v) is 3.44. The van der Waals surface area contributed by atoms with Crippen molar-refractivity contribution in [3.63, 3.8) is 0 Å². The zero-order valence-corrected chi connectivity index (χ0v) is 15.4. The Hall–Kier alpha value is -2.14. The van der Waals surface area contributed by atoms with E-state index in [4.69, 9.17) is 23.2 Å². The summed E-state index contributed by atoms with van der Waals surface area (Å²) in [5.41, 5.74) is 1.82. The number of anilines is 1. The van der Waals surface area contributed by atoms with Crippen molar-refractivity contribution in [3.8, 4) is 0 Å². The van der Waals surface area contributed by atoms with Gasteiger partial charge in [-0.15, -0.1) is 11.3 Å². The first-order valence-electron chi connectivity index (χ1n) is 7.53. The van der Waals surface area contributed by atoms with Crippen molar-refractivity contribution in [1.29, 1.82) is 0 Å². The number of benzene rings is 2. The van der Waals surface area contributed by atoms with Gasteiger partial charge in [-0.3, -0.25) is 10.1 Å². The van der Waals surface area contributed by atoms with Gasteiger partial charge in [-0.25, -0.2) is 4.98 Å². The normalized spacial score (nSPS) is 11.0. The molecule has 1 N–H and O–H groups in total. The van der Waals surface area contributed by atoms with Crippen LogP contribution in [0.25, 0.3) is 6.08 Å². The molecule has 3 nitrogen and oxygen atoms in total. The lowest BCUT2D eigenvalue weighted by atomic mass is 10.1. The molecule has 0 bridgehead atoms. The Morgan fingerprint density at radius 3 is 2.56 bits per heavy atom. The van der Waals surface area contributed by atoms with Gasteiger partial charge in [0.15, 0.2) is 5.13 Å². The van der Waals surface area contributed by atoms with Gasteiger partial charge in [0.25, 0.3) is 0 Å². The van der Waals surface area contributed by atoms with E-state index < -0.39 is 0 Å². The molecule has 6 heteroatoms. The second kappa shape index (κ2) is 8.30. The van der Waals surface area contributed by atoms with E-state index in [1.807, 2.05) is 42.5 Å². The fourth-order valence-electron chi connectivity index (χ4n) is 2.20. The van der Waals surface area contributed by atoms with Crippen LogP contribution >= 0.6 is 34.5 Å². The number of carbonyl (C=O) groups excluding carboxylic acids is 1. The van der Waals surface area contributed by atoms with Gasteiger partial charge in [0.2, 0.25) is 5.91 Å². The molecule has 0 aliphatic heterocycles. The van der Waals surface area contributed by atoms with E-state index in [1.165, 1.54) is 17.4 Å². The van der Waals surface area contributed by atoms with Crippen molar-refractivity contribution in [2.75, 3.05) is 5.32 Å². The number of halogens is 2. The number of hydrogen-bond donors (Lipinski definition) is 1. The van der Waals surface area contributed by atoms with Gasteiger partial charge >= 0.3 is 0 Å². The minimum Gasteiger partial charge on any atom is -0.298 e. The Morgan fingerprint density at radius 2 is 1.80 bits per heavy atom. The predicted molar refractivity (Wildman–Crippen MR) is 105 cm³/mol. The van der Waals surface area contributed by atoms with E-state index >= 15 is 0 Å². The quantitative estimate of drug-likeness (QED) is 0.570. The van der Waals surface area contributed by atoms with E-state index in [9.17, 15) is 4.79 Å². The molecule has 0 saturated heterocycles. The minimum absolute atomic E-state index is 0.251. The smallest absolute Gasteiger partial charge is 0.250 e. The van der Waals surface area contributed by atoms with Crippen LogP contribution in [0.1, 0.15) is 16.0 Å². The molecule has 0 fully saturated rings. The molecule has 0 atom stereocenters. The summed E-state index contributed by atoms with van der Waals surface area (Å²) in [7, 11) is 0. The number of nitrogens with zero attached hydrogens (tertiary/aromatic N) is 1. The van der Waals surface area contributed by atoms with E-state index in [2.05, 4.69) is 10.3 Å². The van der Waals surface area contributed by atoms with Crippen molar-refractivity contribution in [2.45, 2.75) is 6.42 Å². The number of rotatable bonds is 5. The average Bonchev–Trinajstić information content (AvgIpc) is 3.03. The monoisotopic (exact) mass is 388 g/mol. The van der Waals surface area contributed by atoms with Crippen LogP contribution in [0.5, 0.6) is 0 Å². The predicted octanol–water partition coefficient (Wildman–Crippen LogP) is 5.69. The van der Waals surface area contributed by atoms with Crippen LogP contribution in [0.15, 0.2) is 60.8 Å². The van der Waals surface area contributed by atoms with Crippen LogP contribution in [0, 0.1) is 0 Å². The summed E-state index contributed by atoms with van der Waals surface area (Å²) in [4.78, 5) is 17.3. The van der Waals surface area contributed by atoms with Crippen LogP contribution < -0.4 is 5.32 Å². The molecule has 0 aliphatic rings. The highest BCUT2D eigenvalue weighted by Crippen LogP contribution is 2.24. The molecule has 0 unspecified atom stereocenters. The number of aromatic nitrogens is 1. The second-order valence-electron chi connectivity index (χ2n) is 5.24. The number of nitrogens with one attached hydrogen (secondary N) is 1. The number of amides is 1. The molecule has 1 heterocycles. The Bertz CT molecular complexity index is 921. The second-order valence-corrected chi connectivity index (χ2v) is 7.17. The van der Waals surface area contributed by atoms with Gasteiger partial charge in [-0.2, -0.15) is 0 Å². The Balaban J connectivity index is 1.62. The maximum absolute atomic E-state index is 12.0. The molecular weight excluding hydrogens is 375 g/mol. The highest BCUT2D eigenvalue weighted by Gasteiger charge is 2.07. The molecule has 3 aromatic rings. The standard InChI is InChI=1S/C19H14Cl2N2OS/c20-16-7-3-1-5-13(16)9-10-18(24)23-19-22-12-15(25-19)11-14-6-2-4-8-17(14)21/h1-10,12H,11H2,(H,22,23,24)/b10-9+. The molecule has 25 heavy (non-hydrogen) atoms. The topological polar surface area (TPSA) is 42.0 Å². The molecule has 0 saturated carbocycles. The van der Waals surface area contributed by atoms with E-state index in [1.54, 1.807) is 18.3 Å². The summed E-state index contributed by atoms with van der Waals surface area (Å²) in [5, 5.41) is 4.64. The third kappa shape index (κ3) is 4.92. The zero-order valence-electron chi connectivity index (χ0n) is 13.1. The first kappa shape index (κ1) is 17.7. The lowest BCUT2D eigenvalue weighted by Crippen LogP contribution is -2.07. The highest BCUT2D eigenvalue weighted by atomic mass is 35.5. The third-order valence-electron chi connectivity index (χ3n) is 3.43. The van der Waals surface area contributed by atoms with Crippen molar-refractivity contribution < 1.29 is 4.79 Å². The minimum atomic E-state index is -0.251. The molecular formula is C19H14Cl2N2OS. The van der Waals surface area contributed by atoms with Crippen LogP contribution in [0.3, 0.4) is 0 Å². The van der Waals surface area contributed by atoms with Gasteiger partial charge in [0.05, 0.1) is 0 Å². The first-order chi connectivity index (χ1) is 12.1. The molecule has 0 aliphatic carbocycles. The Morgan fingerprint density at radius 1 is 1.08 bits per heavy atom. The summed E-state index contributed by atoms with van der Waals surface area (Å²) in [5.74, 6) is -0.251. The van der Waals surface area contributed by atoms with Crippen LogP contribution in [-0.2, 0) is 11.2 Å². The fraction of sp³-hybridized carbons (Fsp3) is 0.0526. The van der Waals surface area contributed by atoms with Crippen LogP contribution in [0.2, 0.25) is 10.0 Å². The summed E-state index contributed by atoms with van der Waals surface area (Å²) in [6, 6.07) is 15.0.